The Kier molecular flexibility index (Phi) is 5.37. The second kappa shape index (κ2) is 6.30. The van der Waals surface area contributed by atoms with Crippen LogP contribution in [0.25, 0.3) is 0 Å². The minimum absolute atomic E-state index is 0.123. The number of carbonyl (C=O) groups is 1. The molecule has 0 saturated carbocycles. The van der Waals surface area contributed by atoms with E-state index in [9.17, 15) is 9.90 Å². The number of hydrogen-bond donors (Lipinski definition) is 1. The lowest BCUT2D eigenvalue weighted by atomic mass is 9.79. The van der Waals surface area contributed by atoms with E-state index in [-0.39, 0.29) is 16.7 Å². The number of aromatic hydroxyl groups is 1. The lowest BCUT2D eigenvalue weighted by Crippen LogP contribution is -2.17. The van der Waals surface area contributed by atoms with Gasteiger partial charge in [0.25, 0.3) is 5.91 Å². The Morgan fingerprint density at radius 2 is 1.52 bits per heavy atom. The van der Waals surface area contributed by atoms with Crippen LogP contribution in [0.4, 0.5) is 0 Å². The largest absolute Gasteiger partial charge is 0.507 e. The Labute approximate surface area is 132 Å². The van der Waals surface area contributed by atoms with E-state index in [0.717, 1.165) is 16.0 Å². The zero-order valence-electron chi connectivity index (χ0n) is 14.1. The molecule has 1 rings (SSSR count). The average molecular weight is 308 g/mol. The minimum Gasteiger partial charge on any atom is -0.507 e. The van der Waals surface area contributed by atoms with Crippen LogP contribution in [-0.4, -0.2) is 23.8 Å². The van der Waals surface area contributed by atoms with Gasteiger partial charge in [-0.2, -0.15) is 0 Å². The molecule has 0 aliphatic heterocycles. The highest BCUT2D eigenvalue weighted by Gasteiger charge is 2.26. The fourth-order valence-electron chi connectivity index (χ4n) is 2.04. The Hall–Kier alpha value is -1.16. The number of amides is 1. The van der Waals surface area contributed by atoms with Crippen molar-refractivity contribution in [3.05, 3.63) is 23.3 Å². The quantitative estimate of drug-likeness (QED) is 0.863. The van der Waals surface area contributed by atoms with E-state index < -0.39 is 0 Å². The smallest absolute Gasteiger partial charge is 0.251 e. The van der Waals surface area contributed by atoms with E-state index >= 15 is 0 Å². The van der Waals surface area contributed by atoms with Crippen LogP contribution in [0.5, 0.6) is 5.75 Å². The van der Waals surface area contributed by atoms with Crippen molar-refractivity contribution in [1.29, 1.82) is 0 Å². The molecule has 1 aromatic rings. The van der Waals surface area contributed by atoms with Crippen molar-refractivity contribution < 1.29 is 9.90 Å². The fraction of sp³-hybridized carbons (Fsp3) is 0.588. The first-order valence-electron chi connectivity index (χ1n) is 7.10. The van der Waals surface area contributed by atoms with Crippen molar-refractivity contribution >= 4 is 17.7 Å². The third-order valence-electron chi connectivity index (χ3n) is 3.31. The highest BCUT2D eigenvalue weighted by Crippen LogP contribution is 2.41. The van der Waals surface area contributed by atoms with Gasteiger partial charge in [-0.25, -0.2) is 0 Å². The zero-order valence-corrected chi connectivity index (χ0v) is 14.9. The molecule has 0 aliphatic rings. The summed E-state index contributed by atoms with van der Waals surface area (Å²) in [6.45, 7) is 12.5. The second-order valence-corrected chi connectivity index (χ2v) is 8.32. The molecule has 21 heavy (non-hydrogen) atoms. The zero-order chi connectivity index (χ0) is 16.4. The van der Waals surface area contributed by atoms with E-state index in [1.54, 1.807) is 0 Å². The molecule has 4 heteroatoms. The molecule has 0 saturated heterocycles. The van der Waals surface area contributed by atoms with Crippen molar-refractivity contribution in [3.63, 3.8) is 0 Å². The van der Waals surface area contributed by atoms with Gasteiger partial charge in [-0.1, -0.05) is 41.5 Å². The molecule has 0 aromatic heterocycles. The molecular weight excluding hydrogens is 282 g/mol. The molecule has 0 bridgehead atoms. The highest BCUT2D eigenvalue weighted by molar-refractivity contribution is 8.00. The van der Waals surface area contributed by atoms with Crippen LogP contribution in [0.2, 0.25) is 0 Å². The van der Waals surface area contributed by atoms with Gasteiger partial charge >= 0.3 is 0 Å². The van der Waals surface area contributed by atoms with Crippen LogP contribution in [0.1, 0.15) is 52.7 Å². The molecule has 3 nitrogen and oxygen atoms in total. The summed E-state index contributed by atoms with van der Waals surface area (Å²) in [5.74, 6) is 0.572. The normalized spacial score (nSPS) is 12.3. The Morgan fingerprint density at radius 3 is 1.86 bits per heavy atom. The molecule has 0 spiro atoms. The third-order valence-corrected chi connectivity index (χ3v) is 4.27. The van der Waals surface area contributed by atoms with E-state index in [1.165, 1.54) is 18.8 Å². The van der Waals surface area contributed by atoms with Gasteiger partial charge in [0.2, 0.25) is 0 Å². The lowest BCUT2D eigenvalue weighted by Gasteiger charge is -2.28. The van der Waals surface area contributed by atoms with Gasteiger partial charge in [0.15, 0.2) is 0 Å². The van der Waals surface area contributed by atoms with Gasteiger partial charge < -0.3 is 5.11 Å². The molecule has 0 fully saturated rings. The molecule has 1 N–H and O–H groups in total. The van der Waals surface area contributed by atoms with Crippen LogP contribution >= 0.6 is 11.8 Å². The number of phenolic OH excluding ortho intramolecular Hbond substituents is 1. The van der Waals surface area contributed by atoms with E-state index in [2.05, 4.69) is 46.9 Å². The molecular formula is C17H26NO2S. The Balaban J connectivity index is 3.31. The summed E-state index contributed by atoms with van der Waals surface area (Å²) >= 11 is 1.47. The Bertz CT molecular complexity index is 490. The van der Waals surface area contributed by atoms with Crippen molar-refractivity contribution in [2.75, 3.05) is 12.8 Å². The maximum Gasteiger partial charge on any atom is 0.251 e. The Morgan fingerprint density at radius 1 is 1.10 bits per heavy atom. The average Bonchev–Trinajstić information content (AvgIpc) is 2.34. The van der Waals surface area contributed by atoms with Gasteiger partial charge in [-0.15, -0.1) is 11.8 Å². The van der Waals surface area contributed by atoms with E-state index in [0.29, 0.717) is 11.5 Å². The number of rotatable bonds is 3. The molecule has 1 radical (unpaired) electrons. The molecule has 0 aliphatic carbocycles. The molecule has 1 amide bonds. The maximum absolute atomic E-state index is 11.4. The van der Waals surface area contributed by atoms with Crippen LogP contribution in [-0.2, 0) is 15.6 Å². The first-order chi connectivity index (χ1) is 9.46. The number of thioether (sulfide) groups is 1. The van der Waals surface area contributed by atoms with Gasteiger partial charge in [0.1, 0.15) is 5.75 Å². The number of benzene rings is 1. The first kappa shape index (κ1) is 17.9. The number of nitrogens with zero attached hydrogens (tertiary/aromatic N) is 1. The van der Waals surface area contributed by atoms with Gasteiger partial charge in [-0.05, 0) is 23.0 Å². The summed E-state index contributed by atoms with van der Waals surface area (Å²) in [4.78, 5) is 12.4. The molecule has 0 unspecified atom stereocenters. The second-order valence-electron chi connectivity index (χ2n) is 7.27. The van der Waals surface area contributed by atoms with Crippen LogP contribution in [0.3, 0.4) is 0 Å². The number of hydrogen-bond acceptors (Lipinski definition) is 3. The van der Waals surface area contributed by atoms with E-state index in [4.69, 9.17) is 0 Å². The fourth-order valence-corrected chi connectivity index (χ4v) is 2.87. The third kappa shape index (κ3) is 4.67. The van der Waals surface area contributed by atoms with Crippen LogP contribution in [0, 0.1) is 0 Å². The maximum atomic E-state index is 11.4. The van der Waals surface area contributed by atoms with Crippen molar-refractivity contribution in [2.45, 2.75) is 57.3 Å². The summed E-state index contributed by atoms with van der Waals surface area (Å²) in [5, 5.41) is 14.3. The lowest BCUT2D eigenvalue weighted by molar-refractivity contribution is -0.118. The standard InChI is InChI=1S/C17H26NO2S/c1-16(2,3)12-8-11(21-10-14(19)18-7)9-13(15(12)20)17(4,5)6/h8-9,20H,10H2,1-7H3. The SMILES string of the molecule is C[N]C(=O)CSc1cc(C(C)(C)C)c(O)c(C(C)(C)C)c1. The topological polar surface area (TPSA) is 51.4 Å². The van der Waals surface area contributed by atoms with Gasteiger partial charge in [0.05, 0.1) is 5.75 Å². The monoisotopic (exact) mass is 308 g/mol. The molecule has 117 valence electrons. The summed E-state index contributed by atoms with van der Waals surface area (Å²) in [6.07, 6.45) is 0. The van der Waals surface area contributed by atoms with Crippen LogP contribution in [0.15, 0.2) is 17.0 Å². The summed E-state index contributed by atoms with van der Waals surface area (Å²) < 4.78 is 0. The number of carbonyl (C=O) groups excluding carboxylic acids is 1. The first-order valence-corrected chi connectivity index (χ1v) is 8.09. The summed E-state index contributed by atoms with van der Waals surface area (Å²) in [6, 6.07) is 3.97. The van der Waals surface area contributed by atoms with Gasteiger partial charge in [0, 0.05) is 23.1 Å². The van der Waals surface area contributed by atoms with E-state index in [1.807, 2.05) is 12.1 Å². The van der Waals surface area contributed by atoms with Gasteiger partial charge in [-0.3, -0.25) is 10.1 Å². The molecule has 0 heterocycles. The predicted octanol–water partition coefficient (Wildman–Crippen LogP) is 3.84. The minimum atomic E-state index is -0.153. The van der Waals surface area contributed by atoms with Crippen molar-refractivity contribution in [3.8, 4) is 5.75 Å². The van der Waals surface area contributed by atoms with Crippen molar-refractivity contribution in [1.82, 2.24) is 5.32 Å². The highest BCUT2D eigenvalue weighted by atomic mass is 32.2. The summed E-state index contributed by atoms with van der Waals surface area (Å²) in [7, 11) is 1.51. The predicted molar refractivity (Wildman–Crippen MR) is 89.3 cm³/mol. The van der Waals surface area contributed by atoms with Crippen LogP contribution < -0.4 is 5.32 Å². The summed E-state index contributed by atoms with van der Waals surface area (Å²) in [5.41, 5.74) is 1.52. The number of phenols is 1. The molecule has 0 atom stereocenters. The van der Waals surface area contributed by atoms with Crippen molar-refractivity contribution in [2.24, 2.45) is 0 Å². The molecule has 1 aromatic carbocycles.